The van der Waals surface area contributed by atoms with Gasteiger partial charge < -0.3 is 5.32 Å². The largest absolute Gasteiger partial charge is 0.355 e. The summed E-state index contributed by atoms with van der Waals surface area (Å²) in [6, 6.07) is 10.8. The molecule has 5 nitrogen and oxygen atoms in total. The van der Waals surface area contributed by atoms with Gasteiger partial charge in [-0.15, -0.1) is 0 Å². The van der Waals surface area contributed by atoms with Crippen molar-refractivity contribution in [1.82, 2.24) is 5.32 Å². The van der Waals surface area contributed by atoms with Crippen LogP contribution in [0.2, 0.25) is 0 Å². The molecule has 0 bridgehead atoms. The summed E-state index contributed by atoms with van der Waals surface area (Å²) >= 11 is 0. The second-order valence-corrected chi connectivity index (χ2v) is 5.79. The van der Waals surface area contributed by atoms with Gasteiger partial charge in [-0.25, -0.2) is 0 Å². The van der Waals surface area contributed by atoms with Crippen LogP contribution in [0, 0.1) is 17.0 Å². The number of aryl methyl sites for hydroxylation is 1. The number of rotatable bonds is 4. The van der Waals surface area contributed by atoms with Gasteiger partial charge >= 0.3 is 0 Å². The zero-order valence-electron chi connectivity index (χ0n) is 13.7. The summed E-state index contributed by atoms with van der Waals surface area (Å²) < 4.78 is 0. The van der Waals surface area contributed by atoms with Crippen LogP contribution in [0.1, 0.15) is 41.3 Å². The maximum Gasteiger partial charge on any atom is 0.272 e. The lowest BCUT2D eigenvalue weighted by Crippen LogP contribution is -2.17. The highest BCUT2D eigenvalue weighted by atomic mass is 16.6. The van der Waals surface area contributed by atoms with E-state index in [1.54, 1.807) is 32.2 Å². The Labute approximate surface area is 135 Å². The highest BCUT2D eigenvalue weighted by Crippen LogP contribution is 2.34. The lowest BCUT2D eigenvalue weighted by atomic mass is 9.90. The average Bonchev–Trinajstić information content (AvgIpc) is 2.53. The molecule has 1 amide bonds. The van der Waals surface area contributed by atoms with Crippen LogP contribution < -0.4 is 5.32 Å². The molecule has 0 aromatic heterocycles. The Morgan fingerprint density at radius 1 is 1.17 bits per heavy atom. The minimum absolute atomic E-state index is 0.138. The smallest absolute Gasteiger partial charge is 0.272 e. The van der Waals surface area contributed by atoms with E-state index in [1.165, 1.54) is 0 Å². The summed E-state index contributed by atoms with van der Waals surface area (Å²) in [6.07, 6.45) is 0. The maximum atomic E-state index is 11.6. The first kappa shape index (κ1) is 16.7. The molecule has 5 heteroatoms. The summed E-state index contributed by atoms with van der Waals surface area (Å²) in [5.41, 5.74) is 4.19. The van der Waals surface area contributed by atoms with Crippen LogP contribution in [0.4, 0.5) is 5.69 Å². The van der Waals surface area contributed by atoms with Crippen molar-refractivity contribution in [3.63, 3.8) is 0 Å². The number of amides is 1. The van der Waals surface area contributed by atoms with Crippen molar-refractivity contribution in [1.29, 1.82) is 0 Å². The monoisotopic (exact) mass is 312 g/mol. The van der Waals surface area contributed by atoms with Crippen molar-refractivity contribution in [3.05, 3.63) is 63.2 Å². The molecular formula is C18H20N2O3. The maximum absolute atomic E-state index is 11.6. The summed E-state index contributed by atoms with van der Waals surface area (Å²) in [4.78, 5) is 22.4. The summed E-state index contributed by atoms with van der Waals surface area (Å²) in [7, 11) is 1.59. The van der Waals surface area contributed by atoms with Crippen molar-refractivity contribution < 1.29 is 9.72 Å². The fourth-order valence-corrected chi connectivity index (χ4v) is 2.58. The molecule has 0 radical (unpaired) electrons. The molecule has 0 aliphatic heterocycles. The molecule has 1 N–H and O–H groups in total. The third-order valence-electron chi connectivity index (χ3n) is 3.87. The fourth-order valence-electron chi connectivity index (χ4n) is 2.58. The van der Waals surface area contributed by atoms with Gasteiger partial charge in [0.2, 0.25) is 0 Å². The van der Waals surface area contributed by atoms with Gasteiger partial charge in [0.1, 0.15) is 0 Å². The number of nitro benzene ring substituents is 1. The predicted octanol–water partition coefficient (Wildman–Crippen LogP) is 4.05. The molecule has 0 fully saturated rings. The van der Waals surface area contributed by atoms with Gasteiger partial charge in [0, 0.05) is 24.2 Å². The second-order valence-electron chi connectivity index (χ2n) is 5.79. The van der Waals surface area contributed by atoms with Crippen LogP contribution in [-0.2, 0) is 0 Å². The Balaban J connectivity index is 2.56. The van der Waals surface area contributed by atoms with Crippen molar-refractivity contribution >= 4 is 11.6 Å². The number of carbonyl (C=O) groups is 1. The minimum Gasteiger partial charge on any atom is -0.355 e. The van der Waals surface area contributed by atoms with Gasteiger partial charge in [-0.05, 0) is 47.7 Å². The molecule has 2 aromatic carbocycles. The van der Waals surface area contributed by atoms with Gasteiger partial charge in [-0.3, -0.25) is 14.9 Å². The molecule has 0 spiro atoms. The first-order chi connectivity index (χ1) is 10.8. The third-order valence-corrected chi connectivity index (χ3v) is 3.87. The van der Waals surface area contributed by atoms with E-state index >= 15 is 0 Å². The topological polar surface area (TPSA) is 72.2 Å². The van der Waals surface area contributed by atoms with Crippen molar-refractivity contribution in [3.8, 4) is 11.1 Å². The summed E-state index contributed by atoms with van der Waals surface area (Å²) in [5, 5.41) is 13.7. The quantitative estimate of drug-likeness (QED) is 0.683. The lowest BCUT2D eigenvalue weighted by molar-refractivity contribution is -0.385. The van der Waals surface area contributed by atoms with Crippen LogP contribution in [0.25, 0.3) is 11.1 Å². The molecule has 0 saturated heterocycles. The molecule has 0 heterocycles. The zero-order chi connectivity index (χ0) is 17.1. The highest BCUT2D eigenvalue weighted by Gasteiger charge is 2.18. The highest BCUT2D eigenvalue weighted by molar-refractivity contribution is 5.94. The molecule has 120 valence electrons. The number of nitrogens with one attached hydrogen (secondary N) is 1. The van der Waals surface area contributed by atoms with E-state index in [9.17, 15) is 14.9 Å². The first-order valence-electron chi connectivity index (χ1n) is 7.46. The molecule has 2 aromatic rings. The third kappa shape index (κ3) is 3.39. The number of hydrogen-bond acceptors (Lipinski definition) is 3. The van der Waals surface area contributed by atoms with Gasteiger partial charge in [0.25, 0.3) is 11.6 Å². The fraction of sp³-hybridized carbons (Fsp3) is 0.278. The normalized spacial score (nSPS) is 10.7. The van der Waals surface area contributed by atoms with E-state index in [0.29, 0.717) is 11.1 Å². The Morgan fingerprint density at radius 3 is 2.26 bits per heavy atom. The van der Waals surface area contributed by atoms with Gasteiger partial charge in [0.15, 0.2) is 0 Å². The molecule has 2 rings (SSSR count). The first-order valence-corrected chi connectivity index (χ1v) is 7.46. The number of carbonyl (C=O) groups excluding carboxylic acids is 1. The molecular weight excluding hydrogens is 292 g/mol. The Morgan fingerprint density at radius 2 is 1.78 bits per heavy atom. The van der Waals surface area contributed by atoms with Crippen molar-refractivity contribution in [2.75, 3.05) is 7.05 Å². The van der Waals surface area contributed by atoms with Gasteiger partial charge in [0.05, 0.1) is 4.92 Å². The number of nitro groups is 1. The van der Waals surface area contributed by atoms with Crippen LogP contribution in [0.3, 0.4) is 0 Å². The van der Waals surface area contributed by atoms with Crippen molar-refractivity contribution in [2.45, 2.75) is 26.7 Å². The molecule has 0 saturated carbocycles. The molecule has 0 aliphatic carbocycles. The van der Waals surface area contributed by atoms with Crippen LogP contribution in [0.5, 0.6) is 0 Å². The Kier molecular flexibility index (Phi) is 4.79. The van der Waals surface area contributed by atoms with E-state index in [1.807, 2.05) is 32.0 Å². The van der Waals surface area contributed by atoms with Crippen molar-refractivity contribution in [2.24, 2.45) is 0 Å². The van der Waals surface area contributed by atoms with E-state index in [0.717, 1.165) is 16.7 Å². The SMILES string of the molecule is CNC(=O)c1ccc(-c2cc(C)c([N+](=O)[O-])cc2C(C)C)cc1. The second kappa shape index (κ2) is 6.60. The number of hydrogen-bond donors (Lipinski definition) is 1. The van der Waals surface area contributed by atoms with Crippen LogP contribution in [-0.4, -0.2) is 17.9 Å². The predicted molar refractivity (Wildman–Crippen MR) is 90.7 cm³/mol. The Hall–Kier alpha value is -2.69. The van der Waals surface area contributed by atoms with E-state index in [-0.39, 0.29) is 22.4 Å². The van der Waals surface area contributed by atoms with E-state index in [2.05, 4.69) is 5.32 Å². The van der Waals surface area contributed by atoms with E-state index < -0.39 is 0 Å². The number of nitrogens with zero attached hydrogens (tertiary/aromatic N) is 1. The molecule has 0 aliphatic rings. The molecule has 23 heavy (non-hydrogen) atoms. The van der Waals surface area contributed by atoms with E-state index in [4.69, 9.17) is 0 Å². The molecule has 0 unspecified atom stereocenters. The number of benzene rings is 2. The summed E-state index contributed by atoms with van der Waals surface area (Å²) in [6.45, 7) is 5.76. The average molecular weight is 312 g/mol. The van der Waals surface area contributed by atoms with Gasteiger partial charge in [-0.1, -0.05) is 26.0 Å². The zero-order valence-corrected chi connectivity index (χ0v) is 13.7. The molecule has 0 atom stereocenters. The lowest BCUT2D eigenvalue weighted by Gasteiger charge is -2.15. The minimum atomic E-state index is -0.348. The summed E-state index contributed by atoms with van der Waals surface area (Å²) in [5.74, 6) is 0.0171. The standard InChI is InChI=1S/C18H20N2O3/c1-11(2)15-10-17(20(22)23)12(3)9-16(15)13-5-7-14(8-6-13)18(21)19-4/h5-11H,1-4H3,(H,19,21). The Bertz CT molecular complexity index is 750. The van der Waals surface area contributed by atoms with Crippen LogP contribution in [0.15, 0.2) is 36.4 Å². The van der Waals surface area contributed by atoms with Gasteiger partial charge in [-0.2, -0.15) is 0 Å². The van der Waals surface area contributed by atoms with Crippen LogP contribution >= 0.6 is 0 Å².